The Bertz CT molecular complexity index is 403. The predicted molar refractivity (Wildman–Crippen MR) is 78.3 cm³/mol. The Kier molecular flexibility index (Phi) is 6.70. The van der Waals surface area contributed by atoms with Crippen LogP contribution in [-0.2, 0) is 14.3 Å². The second kappa shape index (κ2) is 8.07. The number of rotatable bonds is 6. The average Bonchev–Trinajstić information content (AvgIpc) is 2.36. The van der Waals surface area contributed by atoms with Crippen molar-refractivity contribution in [3.63, 3.8) is 0 Å². The summed E-state index contributed by atoms with van der Waals surface area (Å²) >= 11 is 2.19. The number of carbonyl (C=O) groups excluding carboxylic acids is 2. The van der Waals surface area contributed by atoms with Crippen molar-refractivity contribution >= 4 is 40.2 Å². The van der Waals surface area contributed by atoms with Crippen molar-refractivity contribution in [3.8, 4) is 0 Å². The number of amides is 1. The fraction of sp³-hybridized carbons (Fsp3) is 0.385. The van der Waals surface area contributed by atoms with Crippen LogP contribution >= 0.6 is 22.6 Å². The van der Waals surface area contributed by atoms with Crippen LogP contribution in [-0.4, -0.2) is 18.5 Å². The summed E-state index contributed by atoms with van der Waals surface area (Å²) in [5.74, 6) is -0.643. The standard InChI is InChI=1S/C13H16INO3/c1-2-3-4-13(17)18-9-12(16)15-11-7-5-10(14)6-8-11/h5-8H,2-4,9H2,1H3,(H,15,16). The van der Waals surface area contributed by atoms with E-state index in [1.54, 1.807) is 12.1 Å². The number of hydrogen-bond donors (Lipinski definition) is 1. The van der Waals surface area contributed by atoms with E-state index in [9.17, 15) is 9.59 Å². The third-order valence-corrected chi connectivity index (χ3v) is 2.95. The van der Waals surface area contributed by atoms with Gasteiger partial charge in [0, 0.05) is 15.7 Å². The molecule has 0 heterocycles. The van der Waals surface area contributed by atoms with Crippen LogP contribution in [0.2, 0.25) is 0 Å². The van der Waals surface area contributed by atoms with Gasteiger partial charge in [0.1, 0.15) is 0 Å². The van der Waals surface area contributed by atoms with Gasteiger partial charge in [-0.1, -0.05) is 13.3 Å². The second-order valence-corrected chi connectivity index (χ2v) is 5.06. The summed E-state index contributed by atoms with van der Waals surface area (Å²) < 4.78 is 5.94. The van der Waals surface area contributed by atoms with Crippen molar-refractivity contribution in [2.75, 3.05) is 11.9 Å². The molecule has 4 nitrogen and oxygen atoms in total. The molecule has 5 heteroatoms. The van der Waals surface area contributed by atoms with Gasteiger partial charge in [-0.25, -0.2) is 0 Å². The van der Waals surface area contributed by atoms with Gasteiger partial charge in [0.15, 0.2) is 6.61 Å². The number of nitrogens with one attached hydrogen (secondary N) is 1. The summed E-state index contributed by atoms with van der Waals surface area (Å²) in [6.45, 7) is 1.77. The SMILES string of the molecule is CCCCC(=O)OCC(=O)Nc1ccc(I)cc1. The summed E-state index contributed by atoms with van der Waals surface area (Å²) in [6.07, 6.45) is 2.09. The van der Waals surface area contributed by atoms with Crippen molar-refractivity contribution in [2.45, 2.75) is 26.2 Å². The van der Waals surface area contributed by atoms with Gasteiger partial charge >= 0.3 is 5.97 Å². The van der Waals surface area contributed by atoms with Gasteiger partial charge in [0.25, 0.3) is 5.91 Å². The van der Waals surface area contributed by atoms with Crippen molar-refractivity contribution < 1.29 is 14.3 Å². The van der Waals surface area contributed by atoms with Crippen LogP contribution in [0.25, 0.3) is 0 Å². The van der Waals surface area contributed by atoms with E-state index in [1.807, 2.05) is 19.1 Å². The average molecular weight is 361 g/mol. The molecule has 0 aliphatic rings. The first-order chi connectivity index (χ1) is 8.61. The Balaban J connectivity index is 2.29. The Hall–Kier alpha value is -1.11. The molecule has 0 fully saturated rings. The maximum Gasteiger partial charge on any atom is 0.306 e. The first-order valence-electron chi connectivity index (χ1n) is 5.83. The van der Waals surface area contributed by atoms with Gasteiger partial charge in [-0.3, -0.25) is 9.59 Å². The van der Waals surface area contributed by atoms with E-state index in [2.05, 4.69) is 27.9 Å². The number of hydrogen-bond acceptors (Lipinski definition) is 3. The minimum Gasteiger partial charge on any atom is -0.456 e. The molecule has 0 bridgehead atoms. The minimum atomic E-state index is -0.324. The lowest BCUT2D eigenvalue weighted by Crippen LogP contribution is -2.20. The maximum absolute atomic E-state index is 11.5. The molecular formula is C13H16INO3. The lowest BCUT2D eigenvalue weighted by Gasteiger charge is -2.06. The van der Waals surface area contributed by atoms with Gasteiger partial charge < -0.3 is 10.1 Å². The molecule has 1 aromatic carbocycles. The maximum atomic E-state index is 11.5. The Morgan fingerprint density at radius 2 is 1.94 bits per heavy atom. The molecule has 18 heavy (non-hydrogen) atoms. The van der Waals surface area contributed by atoms with E-state index in [-0.39, 0.29) is 18.5 Å². The van der Waals surface area contributed by atoms with Crippen molar-refractivity contribution in [3.05, 3.63) is 27.8 Å². The molecule has 0 radical (unpaired) electrons. The fourth-order valence-corrected chi connectivity index (χ4v) is 1.63. The molecule has 0 saturated carbocycles. The zero-order valence-electron chi connectivity index (χ0n) is 10.2. The summed E-state index contributed by atoms with van der Waals surface area (Å²) in [5, 5.41) is 2.66. The molecule has 0 unspecified atom stereocenters. The Labute approximate surface area is 120 Å². The topological polar surface area (TPSA) is 55.4 Å². The molecule has 0 aromatic heterocycles. The molecule has 0 spiro atoms. The van der Waals surface area contributed by atoms with Crippen molar-refractivity contribution in [1.29, 1.82) is 0 Å². The molecule has 1 rings (SSSR count). The zero-order valence-corrected chi connectivity index (χ0v) is 12.4. The summed E-state index contributed by atoms with van der Waals surface area (Å²) in [4.78, 5) is 22.7. The lowest BCUT2D eigenvalue weighted by molar-refractivity contribution is -0.147. The molecule has 1 N–H and O–H groups in total. The summed E-state index contributed by atoms with van der Waals surface area (Å²) in [7, 11) is 0. The largest absolute Gasteiger partial charge is 0.456 e. The van der Waals surface area contributed by atoms with Gasteiger partial charge in [-0.2, -0.15) is 0 Å². The van der Waals surface area contributed by atoms with Crippen LogP contribution in [0.3, 0.4) is 0 Å². The summed E-state index contributed by atoms with van der Waals surface area (Å²) in [5.41, 5.74) is 0.699. The van der Waals surface area contributed by atoms with Gasteiger partial charge in [-0.15, -0.1) is 0 Å². The molecule has 0 aliphatic carbocycles. The first-order valence-corrected chi connectivity index (χ1v) is 6.90. The van der Waals surface area contributed by atoms with Crippen molar-refractivity contribution in [2.24, 2.45) is 0 Å². The van der Waals surface area contributed by atoms with E-state index >= 15 is 0 Å². The van der Waals surface area contributed by atoms with Crippen LogP contribution in [0.4, 0.5) is 5.69 Å². The third kappa shape index (κ3) is 6.00. The van der Waals surface area contributed by atoms with E-state index in [4.69, 9.17) is 4.74 Å². The third-order valence-electron chi connectivity index (χ3n) is 2.23. The zero-order chi connectivity index (χ0) is 13.4. The monoisotopic (exact) mass is 361 g/mol. The van der Waals surface area contributed by atoms with E-state index in [0.29, 0.717) is 12.1 Å². The number of benzene rings is 1. The van der Waals surface area contributed by atoms with Crippen LogP contribution in [0.15, 0.2) is 24.3 Å². The Morgan fingerprint density at radius 3 is 2.56 bits per heavy atom. The normalized spacial score (nSPS) is 9.89. The number of anilines is 1. The quantitative estimate of drug-likeness (QED) is 0.626. The highest BCUT2D eigenvalue weighted by atomic mass is 127. The number of unbranched alkanes of at least 4 members (excludes halogenated alkanes) is 1. The highest BCUT2D eigenvalue weighted by molar-refractivity contribution is 14.1. The molecule has 1 aromatic rings. The number of carbonyl (C=O) groups is 2. The van der Waals surface area contributed by atoms with E-state index in [1.165, 1.54) is 0 Å². The molecule has 98 valence electrons. The number of esters is 1. The highest BCUT2D eigenvalue weighted by Crippen LogP contribution is 2.10. The van der Waals surface area contributed by atoms with E-state index in [0.717, 1.165) is 16.4 Å². The first kappa shape index (κ1) is 14.9. The van der Waals surface area contributed by atoms with Gasteiger partial charge in [0.2, 0.25) is 0 Å². The van der Waals surface area contributed by atoms with Crippen molar-refractivity contribution in [1.82, 2.24) is 0 Å². The minimum absolute atomic E-state index is 0.228. The molecule has 0 aliphatic heterocycles. The predicted octanol–water partition coefficient (Wildman–Crippen LogP) is 2.96. The lowest BCUT2D eigenvalue weighted by atomic mass is 10.2. The number of ether oxygens (including phenoxy) is 1. The fourth-order valence-electron chi connectivity index (χ4n) is 1.27. The van der Waals surface area contributed by atoms with Crippen LogP contribution in [0, 0.1) is 3.57 Å². The van der Waals surface area contributed by atoms with Crippen LogP contribution in [0.1, 0.15) is 26.2 Å². The summed E-state index contributed by atoms with van der Waals surface area (Å²) in [6, 6.07) is 7.39. The van der Waals surface area contributed by atoms with Gasteiger partial charge in [0.05, 0.1) is 0 Å². The molecular weight excluding hydrogens is 345 g/mol. The number of halogens is 1. The van der Waals surface area contributed by atoms with Crippen LogP contribution < -0.4 is 5.32 Å². The molecule has 0 saturated heterocycles. The smallest absolute Gasteiger partial charge is 0.306 e. The Morgan fingerprint density at radius 1 is 1.28 bits per heavy atom. The second-order valence-electron chi connectivity index (χ2n) is 3.82. The van der Waals surface area contributed by atoms with Crippen LogP contribution in [0.5, 0.6) is 0 Å². The molecule has 1 amide bonds. The highest BCUT2D eigenvalue weighted by Gasteiger charge is 2.07. The van der Waals surface area contributed by atoms with Gasteiger partial charge in [-0.05, 0) is 53.3 Å². The molecule has 0 atom stereocenters. The van der Waals surface area contributed by atoms with E-state index < -0.39 is 0 Å².